The number of hydrogen-bond acceptors (Lipinski definition) is 4. The highest BCUT2D eigenvalue weighted by molar-refractivity contribution is 9.10. The summed E-state index contributed by atoms with van der Waals surface area (Å²) in [6, 6.07) is 6.42. The van der Waals surface area contributed by atoms with E-state index >= 15 is 0 Å². The zero-order valence-corrected chi connectivity index (χ0v) is 12.9. The van der Waals surface area contributed by atoms with Crippen LogP contribution in [0.15, 0.2) is 22.7 Å². The number of nitrogens with two attached hydrogens (primary N) is 1. The van der Waals surface area contributed by atoms with E-state index < -0.39 is 0 Å². The lowest BCUT2D eigenvalue weighted by Crippen LogP contribution is -2.50. The highest BCUT2D eigenvalue weighted by Crippen LogP contribution is 2.31. The van der Waals surface area contributed by atoms with Crippen molar-refractivity contribution < 1.29 is 9.84 Å². The number of hydrogen-bond donors (Lipinski definition) is 2. The Bertz CT molecular complexity index is 439. The zero-order valence-electron chi connectivity index (χ0n) is 11.3. The Labute approximate surface area is 122 Å². The van der Waals surface area contributed by atoms with Gasteiger partial charge in [0.05, 0.1) is 19.3 Å². The van der Waals surface area contributed by atoms with Crippen LogP contribution in [0.3, 0.4) is 0 Å². The number of benzene rings is 1. The maximum atomic E-state index is 9.28. The number of aliphatic hydroxyl groups excluding tert-OH is 1. The number of morpholine rings is 1. The van der Waals surface area contributed by atoms with Crippen LogP contribution in [0.1, 0.15) is 25.5 Å². The molecule has 2 rings (SSSR count). The van der Waals surface area contributed by atoms with E-state index in [9.17, 15) is 5.11 Å². The van der Waals surface area contributed by atoms with Crippen molar-refractivity contribution in [2.75, 3.05) is 24.7 Å². The summed E-state index contributed by atoms with van der Waals surface area (Å²) in [6.07, 6.45) is -0.124. The van der Waals surface area contributed by atoms with Crippen molar-refractivity contribution in [3.8, 4) is 0 Å². The maximum absolute atomic E-state index is 9.28. The van der Waals surface area contributed by atoms with Crippen LogP contribution in [0.4, 0.5) is 5.69 Å². The smallest absolute Gasteiger partial charge is 0.0981 e. The Hall–Kier alpha value is -0.620. The van der Waals surface area contributed by atoms with Gasteiger partial charge in [0, 0.05) is 28.8 Å². The largest absolute Gasteiger partial charge is 0.394 e. The molecule has 3 N–H and O–H groups in total. The van der Waals surface area contributed by atoms with E-state index in [0.29, 0.717) is 13.2 Å². The predicted molar refractivity (Wildman–Crippen MR) is 80.4 cm³/mol. The van der Waals surface area contributed by atoms with Crippen LogP contribution in [0.5, 0.6) is 0 Å². The van der Waals surface area contributed by atoms with Gasteiger partial charge in [0.25, 0.3) is 0 Å². The van der Waals surface area contributed by atoms with Crippen LogP contribution in [0, 0.1) is 0 Å². The topological polar surface area (TPSA) is 58.7 Å². The summed E-state index contributed by atoms with van der Waals surface area (Å²) >= 11 is 3.49. The molecule has 1 aromatic rings. The molecule has 19 heavy (non-hydrogen) atoms. The predicted octanol–water partition coefficient (Wildman–Crippen LogP) is 2.05. The van der Waals surface area contributed by atoms with E-state index in [1.165, 1.54) is 0 Å². The van der Waals surface area contributed by atoms with Gasteiger partial charge in [-0.15, -0.1) is 0 Å². The first-order chi connectivity index (χ1) is 9.02. The van der Waals surface area contributed by atoms with Gasteiger partial charge in [0.2, 0.25) is 0 Å². The highest BCUT2D eigenvalue weighted by atomic mass is 79.9. The minimum Gasteiger partial charge on any atom is -0.394 e. The van der Waals surface area contributed by atoms with Gasteiger partial charge in [-0.05, 0) is 37.6 Å². The minimum absolute atomic E-state index is 0.0323. The van der Waals surface area contributed by atoms with Gasteiger partial charge in [-0.3, -0.25) is 0 Å². The van der Waals surface area contributed by atoms with E-state index in [0.717, 1.165) is 15.7 Å². The van der Waals surface area contributed by atoms with Gasteiger partial charge < -0.3 is 20.5 Å². The fourth-order valence-corrected chi connectivity index (χ4v) is 2.79. The van der Waals surface area contributed by atoms with Gasteiger partial charge in [-0.25, -0.2) is 0 Å². The molecule has 1 aromatic carbocycles. The van der Waals surface area contributed by atoms with Gasteiger partial charge in [0.1, 0.15) is 0 Å². The SMILES string of the molecule is CC(N)c1cc(Br)ccc1N1CC(CO)OCC1C. The van der Waals surface area contributed by atoms with Crippen LogP contribution in [0.25, 0.3) is 0 Å². The van der Waals surface area contributed by atoms with E-state index in [4.69, 9.17) is 10.5 Å². The minimum atomic E-state index is -0.124. The molecule has 5 heteroatoms. The molecule has 1 aliphatic rings. The summed E-state index contributed by atoms with van der Waals surface area (Å²) in [5, 5.41) is 9.28. The van der Waals surface area contributed by atoms with Crippen LogP contribution in [0.2, 0.25) is 0 Å². The summed E-state index contributed by atoms with van der Waals surface area (Å²) < 4.78 is 6.61. The summed E-state index contributed by atoms with van der Waals surface area (Å²) in [5.74, 6) is 0. The van der Waals surface area contributed by atoms with Crippen LogP contribution in [-0.2, 0) is 4.74 Å². The molecule has 1 heterocycles. The number of ether oxygens (including phenoxy) is 1. The van der Waals surface area contributed by atoms with Crippen molar-refractivity contribution in [3.63, 3.8) is 0 Å². The monoisotopic (exact) mass is 328 g/mol. The third kappa shape index (κ3) is 3.28. The summed E-state index contributed by atoms with van der Waals surface area (Å²) in [4.78, 5) is 2.27. The van der Waals surface area contributed by atoms with Crippen molar-refractivity contribution in [1.82, 2.24) is 0 Å². The summed E-state index contributed by atoms with van der Waals surface area (Å²) in [6.45, 7) is 5.48. The third-order valence-corrected chi connectivity index (χ3v) is 3.99. The first-order valence-electron chi connectivity index (χ1n) is 6.57. The van der Waals surface area contributed by atoms with E-state index in [-0.39, 0.29) is 24.8 Å². The fourth-order valence-electron chi connectivity index (χ4n) is 2.42. The normalized spacial score (nSPS) is 25.4. The van der Waals surface area contributed by atoms with E-state index in [1.807, 2.05) is 13.0 Å². The van der Waals surface area contributed by atoms with Gasteiger partial charge in [-0.1, -0.05) is 15.9 Å². The van der Waals surface area contributed by atoms with E-state index in [1.54, 1.807) is 0 Å². The van der Waals surface area contributed by atoms with Crippen LogP contribution >= 0.6 is 15.9 Å². The second-order valence-electron chi connectivity index (χ2n) is 5.13. The molecule has 4 nitrogen and oxygen atoms in total. The first kappa shape index (κ1) is 14.8. The van der Waals surface area contributed by atoms with Crippen LogP contribution in [-0.4, -0.2) is 37.0 Å². The Morgan fingerprint density at radius 1 is 1.58 bits per heavy atom. The molecule has 1 saturated heterocycles. The van der Waals surface area contributed by atoms with Gasteiger partial charge in [0.15, 0.2) is 0 Å². The lowest BCUT2D eigenvalue weighted by Gasteiger charge is -2.40. The Kier molecular flexibility index (Phi) is 4.84. The number of anilines is 1. The molecular formula is C14H21BrN2O2. The summed E-state index contributed by atoms with van der Waals surface area (Å²) in [7, 11) is 0. The second kappa shape index (κ2) is 6.22. The Balaban J connectivity index is 2.33. The molecule has 1 fully saturated rings. The van der Waals surface area contributed by atoms with Crippen LogP contribution < -0.4 is 10.6 Å². The molecule has 0 bridgehead atoms. The maximum Gasteiger partial charge on any atom is 0.0981 e. The number of halogens is 1. The molecule has 0 radical (unpaired) electrons. The fraction of sp³-hybridized carbons (Fsp3) is 0.571. The Morgan fingerprint density at radius 2 is 2.32 bits per heavy atom. The van der Waals surface area contributed by atoms with Crippen molar-refractivity contribution >= 4 is 21.6 Å². The average molecular weight is 329 g/mol. The number of aliphatic hydroxyl groups is 1. The van der Waals surface area contributed by atoms with Crippen molar-refractivity contribution in [2.24, 2.45) is 5.73 Å². The van der Waals surface area contributed by atoms with Gasteiger partial charge >= 0.3 is 0 Å². The third-order valence-electron chi connectivity index (χ3n) is 3.50. The molecule has 106 valence electrons. The second-order valence-corrected chi connectivity index (χ2v) is 6.05. The molecule has 0 aliphatic carbocycles. The van der Waals surface area contributed by atoms with E-state index in [2.05, 4.69) is 39.9 Å². The van der Waals surface area contributed by atoms with Crippen molar-refractivity contribution in [3.05, 3.63) is 28.2 Å². The van der Waals surface area contributed by atoms with Crippen molar-refractivity contribution in [1.29, 1.82) is 0 Å². The lowest BCUT2D eigenvalue weighted by atomic mass is 10.0. The average Bonchev–Trinajstić information content (AvgIpc) is 2.39. The molecular weight excluding hydrogens is 308 g/mol. The quantitative estimate of drug-likeness (QED) is 0.891. The first-order valence-corrected chi connectivity index (χ1v) is 7.36. The van der Waals surface area contributed by atoms with Crippen molar-refractivity contribution in [2.45, 2.75) is 32.0 Å². The highest BCUT2D eigenvalue weighted by Gasteiger charge is 2.27. The molecule has 0 aromatic heterocycles. The zero-order chi connectivity index (χ0) is 14.0. The number of nitrogens with zero attached hydrogens (tertiary/aromatic N) is 1. The lowest BCUT2D eigenvalue weighted by molar-refractivity contribution is -0.0103. The Morgan fingerprint density at radius 3 is 2.95 bits per heavy atom. The molecule has 3 atom stereocenters. The molecule has 0 spiro atoms. The molecule has 3 unspecified atom stereocenters. The summed E-state index contributed by atoms with van der Waals surface area (Å²) in [5.41, 5.74) is 8.32. The standard InChI is InChI=1S/C14H21BrN2O2/c1-9-8-19-12(7-18)6-17(9)14-4-3-11(15)5-13(14)10(2)16/h3-5,9-10,12,18H,6-8,16H2,1-2H3. The molecule has 1 aliphatic heterocycles. The molecule has 0 saturated carbocycles. The van der Waals surface area contributed by atoms with Gasteiger partial charge in [-0.2, -0.15) is 0 Å². The number of rotatable bonds is 3. The molecule has 0 amide bonds.